The molecule has 0 saturated carbocycles. The fourth-order valence-electron chi connectivity index (χ4n) is 1.35. The third-order valence-electron chi connectivity index (χ3n) is 2.10. The summed E-state index contributed by atoms with van der Waals surface area (Å²) in [7, 11) is 0. The first-order chi connectivity index (χ1) is 8.40. The van der Waals surface area contributed by atoms with E-state index in [0.717, 1.165) is 5.56 Å². The minimum atomic E-state index is 0. The monoisotopic (exact) mass is 241 g/mol. The molecule has 0 unspecified atom stereocenters. The zero-order valence-corrected chi connectivity index (χ0v) is 11.6. The van der Waals surface area contributed by atoms with Crippen LogP contribution in [0, 0.1) is 12.7 Å². The maximum absolute atomic E-state index is 5.47. The molecule has 0 aliphatic heterocycles. The quantitative estimate of drug-likeness (QED) is 0.306. The number of rotatable bonds is 5. The van der Waals surface area contributed by atoms with Gasteiger partial charge in [-0.2, -0.15) is 0 Å². The van der Waals surface area contributed by atoms with Crippen LogP contribution in [0.15, 0.2) is 42.7 Å². The Balaban J connectivity index is 0.00000162. The molecule has 1 aromatic carbocycles. The van der Waals surface area contributed by atoms with Crippen molar-refractivity contribution in [3.8, 4) is 0 Å². The van der Waals surface area contributed by atoms with E-state index in [1.807, 2.05) is 49.8 Å². The van der Waals surface area contributed by atoms with E-state index >= 15 is 0 Å². The number of nitrogens with zero attached hydrogens (tertiary/aromatic N) is 3. The number of benzene rings is 1. The van der Waals surface area contributed by atoms with E-state index in [1.165, 1.54) is 11.0 Å². The molecule has 0 bridgehead atoms. The molecule has 1 aromatic heterocycles. The van der Waals surface area contributed by atoms with Gasteiger partial charge in [0.2, 0.25) is 0 Å². The van der Waals surface area contributed by atoms with Crippen molar-refractivity contribution in [3.05, 3.63) is 61.0 Å². The summed E-state index contributed by atoms with van der Waals surface area (Å²) >= 11 is 0. The standard InChI is InChI=1S/C13H13N3O.2Li/c1-2-17-13(16-11-14-10-15-16)9-8-12-6-4-3-5-7-12;;/h3-10H,2H2,1H3;;/q-2;2*+1/b13-9-;;. The predicted molar refractivity (Wildman–Crippen MR) is 64.6 cm³/mol. The van der Waals surface area contributed by atoms with E-state index < -0.39 is 0 Å². The second-order valence-corrected chi connectivity index (χ2v) is 3.29. The van der Waals surface area contributed by atoms with Crippen LogP contribution in [0.25, 0.3) is 5.88 Å². The predicted octanol–water partition coefficient (Wildman–Crippen LogP) is -3.83. The number of hydrogen-bond donors (Lipinski definition) is 0. The Morgan fingerprint density at radius 2 is 2.11 bits per heavy atom. The van der Waals surface area contributed by atoms with Gasteiger partial charge in [-0.15, -0.1) is 36.2 Å². The third kappa shape index (κ3) is 5.64. The van der Waals surface area contributed by atoms with E-state index in [9.17, 15) is 0 Å². The smallest absolute Gasteiger partial charge is 0.534 e. The summed E-state index contributed by atoms with van der Waals surface area (Å²) in [4.78, 5) is 3.77. The summed E-state index contributed by atoms with van der Waals surface area (Å²) in [5.41, 5.74) is 1.10. The van der Waals surface area contributed by atoms with Crippen LogP contribution in [0.5, 0.6) is 0 Å². The van der Waals surface area contributed by atoms with Crippen molar-refractivity contribution in [2.75, 3.05) is 6.61 Å². The summed E-state index contributed by atoms with van der Waals surface area (Å²) in [6.07, 6.45) is 7.94. The summed E-state index contributed by atoms with van der Waals surface area (Å²) in [5.74, 6) is 0.605. The molecule has 6 heteroatoms. The third-order valence-corrected chi connectivity index (χ3v) is 2.10. The molecule has 0 aliphatic rings. The van der Waals surface area contributed by atoms with Crippen molar-refractivity contribution in [2.24, 2.45) is 0 Å². The van der Waals surface area contributed by atoms with Crippen molar-refractivity contribution < 1.29 is 42.5 Å². The van der Waals surface area contributed by atoms with Crippen LogP contribution in [0.1, 0.15) is 12.5 Å². The van der Waals surface area contributed by atoms with Gasteiger partial charge in [0.1, 0.15) is 5.88 Å². The van der Waals surface area contributed by atoms with Crippen molar-refractivity contribution in [1.29, 1.82) is 0 Å². The molecular weight excluding hydrogens is 228 g/mol. The van der Waals surface area contributed by atoms with E-state index in [2.05, 4.69) is 16.4 Å². The maximum Gasteiger partial charge on any atom is 1.00 e. The van der Waals surface area contributed by atoms with Crippen LogP contribution in [0.4, 0.5) is 0 Å². The van der Waals surface area contributed by atoms with Gasteiger partial charge in [0, 0.05) is 12.7 Å². The Labute approximate surface area is 137 Å². The van der Waals surface area contributed by atoms with Gasteiger partial charge in [0.15, 0.2) is 0 Å². The zero-order valence-electron chi connectivity index (χ0n) is 11.6. The van der Waals surface area contributed by atoms with Crippen molar-refractivity contribution in [2.45, 2.75) is 6.92 Å². The van der Waals surface area contributed by atoms with E-state index in [0.29, 0.717) is 12.5 Å². The first kappa shape index (κ1) is 18.0. The molecule has 0 spiro atoms. The molecule has 0 saturated heterocycles. The van der Waals surface area contributed by atoms with E-state index in [-0.39, 0.29) is 37.7 Å². The molecule has 0 aliphatic carbocycles. The fourth-order valence-corrected chi connectivity index (χ4v) is 1.35. The molecule has 0 radical (unpaired) electrons. The maximum atomic E-state index is 5.47. The molecule has 88 valence electrons. The molecular formula is C13H13Li2N3O. The van der Waals surface area contributed by atoms with Gasteiger partial charge >= 0.3 is 37.7 Å². The summed E-state index contributed by atoms with van der Waals surface area (Å²) in [5, 5.41) is 3.98. The van der Waals surface area contributed by atoms with Crippen molar-refractivity contribution >= 4 is 5.88 Å². The Hall–Kier alpha value is -1.04. The van der Waals surface area contributed by atoms with E-state index in [1.54, 1.807) is 0 Å². The van der Waals surface area contributed by atoms with Crippen LogP contribution in [0.3, 0.4) is 0 Å². The molecule has 4 nitrogen and oxygen atoms in total. The molecule has 0 amide bonds. The second-order valence-electron chi connectivity index (χ2n) is 3.29. The normalized spacial score (nSPS) is 10.1. The molecule has 0 atom stereocenters. The van der Waals surface area contributed by atoms with Gasteiger partial charge in [-0.25, -0.2) is 5.10 Å². The van der Waals surface area contributed by atoms with Crippen molar-refractivity contribution in [3.63, 3.8) is 0 Å². The number of hydrogen-bond acceptors (Lipinski definition) is 3. The van der Waals surface area contributed by atoms with Gasteiger partial charge in [0.05, 0.1) is 6.61 Å². The topological polar surface area (TPSA) is 39.9 Å². The Morgan fingerprint density at radius 1 is 1.37 bits per heavy atom. The van der Waals surface area contributed by atoms with Gasteiger partial charge in [-0.1, -0.05) is 12.1 Å². The van der Waals surface area contributed by atoms with Crippen LogP contribution < -0.4 is 37.7 Å². The largest absolute Gasteiger partial charge is 1.00 e. The number of ether oxygens (including phenoxy) is 1. The van der Waals surface area contributed by atoms with Gasteiger partial charge < -0.3 is 14.4 Å². The first-order valence-electron chi connectivity index (χ1n) is 5.41. The molecule has 2 aromatic rings. The van der Waals surface area contributed by atoms with Crippen LogP contribution in [-0.4, -0.2) is 21.4 Å². The first-order valence-corrected chi connectivity index (χ1v) is 5.41. The summed E-state index contributed by atoms with van der Waals surface area (Å²) < 4.78 is 6.94. The Kier molecular flexibility index (Phi) is 9.30. The molecule has 1 heterocycles. The minimum absolute atomic E-state index is 0. The zero-order chi connectivity index (χ0) is 11.9. The van der Waals surface area contributed by atoms with Gasteiger partial charge in [0.25, 0.3) is 0 Å². The van der Waals surface area contributed by atoms with Crippen LogP contribution >= 0.6 is 0 Å². The molecule has 0 fully saturated rings. The second kappa shape index (κ2) is 9.84. The minimum Gasteiger partial charge on any atom is -0.534 e. The van der Waals surface area contributed by atoms with Gasteiger partial charge in [-0.05, 0) is 6.92 Å². The van der Waals surface area contributed by atoms with Crippen LogP contribution in [-0.2, 0) is 4.74 Å². The Morgan fingerprint density at radius 3 is 2.68 bits per heavy atom. The molecule has 0 N–H and O–H groups in total. The average Bonchev–Trinajstić information content (AvgIpc) is 2.89. The molecule has 2 rings (SSSR count). The van der Waals surface area contributed by atoms with Crippen molar-refractivity contribution in [1.82, 2.24) is 14.8 Å². The number of aromatic nitrogens is 3. The van der Waals surface area contributed by atoms with Crippen LogP contribution in [0.2, 0.25) is 0 Å². The Bertz CT molecular complexity index is 472. The SMILES string of the molecule is CCO/C(=C\[CH-]c1ccccc1)n1[c-]ncn1.[Li+].[Li+]. The number of allylic oxidation sites excluding steroid dienone is 1. The summed E-state index contributed by atoms with van der Waals surface area (Å²) in [6, 6.07) is 10.00. The fraction of sp³-hybridized carbons (Fsp3) is 0.154. The van der Waals surface area contributed by atoms with E-state index in [4.69, 9.17) is 4.74 Å². The summed E-state index contributed by atoms with van der Waals surface area (Å²) in [6.45, 7) is 2.50. The molecule has 19 heavy (non-hydrogen) atoms. The van der Waals surface area contributed by atoms with Gasteiger partial charge in [-0.3, -0.25) is 0 Å². The average molecular weight is 241 g/mol.